The van der Waals surface area contributed by atoms with Crippen LogP contribution in [0.15, 0.2) is 71.6 Å². The molecule has 0 aliphatic carbocycles. The van der Waals surface area contributed by atoms with E-state index in [0.29, 0.717) is 11.1 Å². The molecule has 5 nitrogen and oxygen atoms in total. The minimum Gasteiger partial charge on any atom is -0.507 e. The van der Waals surface area contributed by atoms with Gasteiger partial charge in [-0.05, 0) is 53.6 Å². The molecule has 3 rings (SSSR count). The molecule has 3 aromatic carbocycles. The summed E-state index contributed by atoms with van der Waals surface area (Å²) in [4.78, 5) is -0.416. The van der Waals surface area contributed by atoms with E-state index in [4.69, 9.17) is 5.26 Å². The summed E-state index contributed by atoms with van der Waals surface area (Å²) in [5.41, 5.74) is 1.12. The number of phenolic OH excluding ortho intramolecular Hbond substituents is 1. The Kier molecular flexibility index (Phi) is 5.92. The lowest BCUT2D eigenvalue weighted by Crippen LogP contribution is -2.30. The Hall–Kier alpha value is -3.28. The summed E-state index contributed by atoms with van der Waals surface area (Å²) in [5.74, 6) is -1.41. The van der Waals surface area contributed by atoms with Crippen LogP contribution in [0.1, 0.15) is 16.7 Å². The minimum atomic E-state index is -4.24. The van der Waals surface area contributed by atoms with E-state index < -0.39 is 32.3 Å². The van der Waals surface area contributed by atoms with Gasteiger partial charge in [0.1, 0.15) is 22.3 Å². The van der Waals surface area contributed by atoms with Gasteiger partial charge in [-0.25, -0.2) is 17.2 Å². The average Bonchev–Trinajstić information content (AvgIpc) is 2.71. The van der Waals surface area contributed by atoms with Gasteiger partial charge in [0.15, 0.2) is 0 Å². The summed E-state index contributed by atoms with van der Waals surface area (Å²) in [7, 11) is -4.24. The molecule has 0 heterocycles. The summed E-state index contributed by atoms with van der Waals surface area (Å²) >= 11 is 0. The first-order valence-corrected chi connectivity index (χ1v) is 9.96. The third-order valence-electron chi connectivity index (χ3n) is 4.25. The SMILES string of the molecule is N#Cc1ccc(O)c(S(=O)(=O)N(Cc2ccc(F)cc2)Cc2ccc(F)cc2)c1. The third-order valence-corrected chi connectivity index (χ3v) is 6.07. The highest BCUT2D eigenvalue weighted by Gasteiger charge is 2.28. The molecule has 0 saturated carbocycles. The highest BCUT2D eigenvalue weighted by molar-refractivity contribution is 7.89. The number of nitrogens with zero attached hydrogens (tertiary/aromatic N) is 2. The van der Waals surface area contributed by atoms with Crippen molar-refractivity contribution in [2.45, 2.75) is 18.0 Å². The van der Waals surface area contributed by atoms with Gasteiger partial charge in [0.05, 0.1) is 11.6 Å². The first-order chi connectivity index (χ1) is 13.8. The van der Waals surface area contributed by atoms with Crippen molar-refractivity contribution >= 4 is 10.0 Å². The van der Waals surface area contributed by atoms with E-state index in [9.17, 15) is 22.3 Å². The van der Waals surface area contributed by atoms with Gasteiger partial charge in [0.2, 0.25) is 10.0 Å². The molecule has 0 radical (unpaired) electrons. The van der Waals surface area contributed by atoms with Crippen LogP contribution in [0.25, 0.3) is 0 Å². The van der Waals surface area contributed by atoms with Crippen molar-refractivity contribution in [2.75, 3.05) is 0 Å². The molecule has 8 heteroatoms. The van der Waals surface area contributed by atoms with Crippen LogP contribution in [0.5, 0.6) is 5.75 Å². The van der Waals surface area contributed by atoms with E-state index in [0.717, 1.165) is 16.4 Å². The smallest absolute Gasteiger partial charge is 0.247 e. The Morgan fingerprint density at radius 2 is 1.34 bits per heavy atom. The second-order valence-corrected chi connectivity index (χ2v) is 8.23. The lowest BCUT2D eigenvalue weighted by atomic mass is 10.2. The zero-order valence-electron chi connectivity index (χ0n) is 15.1. The zero-order chi connectivity index (χ0) is 21.0. The lowest BCUT2D eigenvalue weighted by molar-refractivity contribution is 0.394. The molecule has 148 valence electrons. The number of nitriles is 1. The molecule has 0 unspecified atom stereocenters. The third kappa shape index (κ3) is 4.77. The predicted octanol–water partition coefficient (Wildman–Crippen LogP) is 3.93. The van der Waals surface area contributed by atoms with Gasteiger partial charge in [-0.1, -0.05) is 24.3 Å². The molecule has 1 N–H and O–H groups in total. The number of hydrogen-bond acceptors (Lipinski definition) is 4. The maximum absolute atomic E-state index is 13.3. The highest BCUT2D eigenvalue weighted by atomic mass is 32.2. The van der Waals surface area contributed by atoms with Gasteiger partial charge in [-0.3, -0.25) is 0 Å². The molecule has 0 atom stereocenters. The Morgan fingerprint density at radius 1 is 0.862 bits per heavy atom. The maximum Gasteiger partial charge on any atom is 0.247 e. The monoisotopic (exact) mass is 414 g/mol. The Bertz CT molecular complexity index is 1110. The molecule has 0 aliphatic heterocycles. The van der Waals surface area contributed by atoms with Gasteiger partial charge in [-0.2, -0.15) is 9.57 Å². The number of hydrogen-bond donors (Lipinski definition) is 1. The van der Waals surface area contributed by atoms with E-state index >= 15 is 0 Å². The topological polar surface area (TPSA) is 81.4 Å². The van der Waals surface area contributed by atoms with E-state index in [1.807, 2.05) is 6.07 Å². The van der Waals surface area contributed by atoms with E-state index in [1.165, 1.54) is 54.6 Å². The second-order valence-electron chi connectivity index (χ2n) is 6.32. The molecule has 3 aromatic rings. The lowest BCUT2D eigenvalue weighted by Gasteiger charge is -2.23. The van der Waals surface area contributed by atoms with Gasteiger partial charge in [0, 0.05) is 13.1 Å². The Balaban J connectivity index is 2.04. The minimum absolute atomic E-state index is 0.0740. The van der Waals surface area contributed by atoms with E-state index in [2.05, 4.69) is 0 Å². The Morgan fingerprint density at radius 3 is 1.79 bits per heavy atom. The molecule has 0 saturated heterocycles. The van der Waals surface area contributed by atoms with Crippen LogP contribution in [0.2, 0.25) is 0 Å². The molecule has 0 amide bonds. The molecule has 0 spiro atoms. The summed E-state index contributed by atoms with van der Waals surface area (Å²) in [6.07, 6.45) is 0. The number of sulfonamides is 1. The van der Waals surface area contributed by atoms with Crippen molar-refractivity contribution in [2.24, 2.45) is 0 Å². The highest BCUT2D eigenvalue weighted by Crippen LogP contribution is 2.29. The van der Waals surface area contributed by atoms with Gasteiger partial charge in [-0.15, -0.1) is 0 Å². The second kappa shape index (κ2) is 8.39. The average molecular weight is 414 g/mol. The van der Waals surface area contributed by atoms with Crippen LogP contribution in [-0.2, 0) is 23.1 Å². The van der Waals surface area contributed by atoms with Crippen molar-refractivity contribution in [3.63, 3.8) is 0 Å². The van der Waals surface area contributed by atoms with Crippen LogP contribution in [-0.4, -0.2) is 17.8 Å². The molecule has 0 aromatic heterocycles. The van der Waals surface area contributed by atoms with Crippen LogP contribution in [0, 0.1) is 23.0 Å². The molecular formula is C21H16F2N2O3S. The molecule has 29 heavy (non-hydrogen) atoms. The fraction of sp³-hybridized carbons (Fsp3) is 0.0952. The van der Waals surface area contributed by atoms with E-state index in [1.54, 1.807) is 0 Å². The van der Waals surface area contributed by atoms with Gasteiger partial charge in [0.25, 0.3) is 0 Å². The number of rotatable bonds is 6. The normalized spacial score (nSPS) is 11.4. The molecular weight excluding hydrogens is 398 g/mol. The maximum atomic E-state index is 13.3. The van der Waals surface area contributed by atoms with Gasteiger partial charge < -0.3 is 5.11 Å². The summed E-state index contributed by atoms with van der Waals surface area (Å²) in [6, 6.07) is 16.0. The molecule has 0 fully saturated rings. The van der Waals surface area contributed by atoms with Crippen LogP contribution in [0.4, 0.5) is 8.78 Å². The zero-order valence-corrected chi connectivity index (χ0v) is 15.9. The largest absolute Gasteiger partial charge is 0.507 e. The fourth-order valence-corrected chi connectivity index (χ4v) is 4.27. The standard InChI is InChI=1S/C21H16F2N2O3S/c22-18-6-1-15(2-7-18)13-25(14-16-3-8-19(23)9-4-16)29(27,28)21-11-17(12-24)5-10-20(21)26/h1-11,26H,13-14H2. The van der Waals surface area contributed by atoms with Crippen molar-refractivity contribution in [1.82, 2.24) is 4.31 Å². The van der Waals surface area contributed by atoms with Crippen molar-refractivity contribution in [3.8, 4) is 11.8 Å². The van der Waals surface area contributed by atoms with Crippen molar-refractivity contribution < 1.29 is 22.3 Å². The molecule has 0 bridgehead atoms. The summed E-state index contributed by atoms with van der Waals surface area (Å²) in [6.45, 7) is -0.230. The fourth-order valence-electron chi connectivity index (χ4n) is 2.74. The van der Waals surface area contributed by atoms with Crippen molar-refractivity contribution in [1.29, 1.82) is 5.26 Å². The van der Waals surface area contributed by atoms with Crippen molar-refractivity contribution in [3.05, 3.63) is 95.1 Å². The summed E-state index contributed by atoms with van der Waals surface area (Å²) in [5, 5.41) is 19.2. The van der Waals surface area contributed by atoms with Crippen LogP contribution >= 0.6 is 0 Å². The first-order valence-electron chi connectivity index (χ1n) is 8.52. The predicted molar refractivity (Wildman–Crippen MR) is 102 cm³/mol. The number of phenols is 1. The number of halogens is 2. The number of aromatic hydroxyl groups is 1. The number of benzene rings is 3. The van der Waals surface area contributed by atoms with E-state index in [-0.39, 0.29) is 18.7 Å². The first kappa shape index (κ1) is 20.5. The Labute approximate surface area is 167 Å². The van der Waals surface area contributed by atoms with Crippen LogP contribution < -0.4 is 0 Å². The quantitative estimate of drug-likeness (QED) is 0.663. The van der Waals surface area contributed by atoms with Gasteiger partial charge >= 0.3 is 0 Å². The summed E-state index contributed by atoms with van der Waals surface area (Å²) < 4.78 is 54.0. The van der Waals surface area contributed by atoms with Crippen LogP contribution in [0.3, 0.4) is 0 Å². The molecule has 0 aliphatic rings.